The normalized spacial score (nSPS) is 21.6. The zero-order chi connectivity index (χ0) is 9.26. The van der Waals surface area contributed by atoms with Crippen molar-refractivity contribution in [3.05, 3.63) is 34.3 Å². The van der Waals surface area contributed by atoms with Crippen LogP contribution in [0.5, 0.6) is 0 Å². The van der Waals surface area contributed by atoms with Gasteiger partial charge in [-0.25, -0.2) is 0 Å². The van der Waals surface area contributed by atoms with Gasteiger partial charge in [-0.2, -0.15) is 0 Å². The summed E-state index contributed by atoms with van der Waals surface area (Å²) in [6.07, 6.45) is 0. The number of carbonyl (C=O) groups excluding carboxylic acids is 1. The van der Waals surface area contributed by atoms with Gasteiger partial charge in [-0.05, 0) is 17.7 Å². The minimum atomic E-state index is 0.120. The first kappa shape index (κ1) is 9.09. The Morgan fingerprint density at radius 3 is 3.00 bits per heavy atom. The van der Waals surface area contributed by atoms with E-state index < -0.39 is 0 Å². The molecular weight excluding hydrogens is 250 g/mol. The molecule has 0 aromatic heterocycles. The lowest BCUT2D eigenvalue weighted by molar-refractivity contribution is -0.118. The zero-order valence-electron chi connectivity index (χ0n) is 6.79. The van der Waals surface area contributed by atoms with Crippen LogP contribution in [0.25, 0.3) is 0 Å². The molecule has 1 saturated heterocycles. The van der Waals surface area contributed by atoms with Crippen LogP contribution in [0.1, 0.15) is 10.9 Å². The van der Waals surface area contributed by atoms with E-state index in [2.05, 4.69) is 21.2 Å². The van der Waals surface area contributed by atoms with Crippen molar-refractivity contribution in [3.63, 3.8) is 0 Å². The van der Waals surface area contributed by atoms with Crippen LogP contribution in [0.3, 0.4) is 0 Å². The van der Waals surface area contributed by atoms with Crippen LogP contribution in [0, 0.1) is 0 Å². The molecule has 1 aliphatic rings. The Bertz CT molecular complexity index is 342. The number of carbonyl (C=O) groups is 1. The van der Waals surface area contributed by atoms with Gasteiger partial charge in [0.15, 0.2) is 0 Å². The molecule has 0 bridgehead atoms. The molecule has 1 aromatic carbocycles. The molecule has 0 saturated carbocycles. The Labute approximate surface area is 89.2 Å². The Morgan fingerprint density at radius 2 is 2.38 bits per heavy atom. The second-order valence-electron chi connectivity index (χ2n) is 2.81. The summed E-state index contributed by atoms with van der Waals surface area (Å²) in [5.41, 5.74) is 1.14. The summed E-state index contributed by atoms with van der Waals surface area (Å²) in [5, 5.41) is 3.03. The van der Waals surface area contributed by atoms with E-state index in [1.54, 1.807) is 11.8 Å². The molecule has 1 N–H and O–H groups in total. The molecule has 1 amide bonds. The molecule has 0 radical (unpaired) electrons. The summed E-state index contributed by atoms with van der Waals surface area (Å²) in [4.78, 5) is 11.0. The maximum absolute atomic E-state index is 11.0. The van der Waals surface area contributed by atoms with E-state index in [0.717, 1.165) is 10.0 Å². The van der Waals surface area contributed by atoms with Crippen LogP contribution in [0.2, 0.25) is 0 Å². The fourth-order valence-corrected chi connectivity index (χ4v) is 2.61. The third-order valence-corrected chi connectivity index (χ3v) is 3.47. The van der Waals surface area contributed by atoms with Crippen molar-refractivity contribution in [1.82, 2.24) is 5.32 Å². The topological polar surface area (TPSA) is 29.1 Å². The predicted octanol–water partition coefficient (Wildman–Crippen LogP) is 2.31. The van der Waals surface area contributed by atoms with Gasteiger partial charge in [0.25, 0.3) is 0 Å². The van der Waals surface area contributed by atoms with Crippen LogP contribution >= 0.6 is 27.7 Å². The number of amides is 1. The summed E-state index contributed by atoms with van der Waals surface area (Å²) in [6.45, 7) is 0. The average Bonchev–Trinajstić information content (AvgIpc) is 2.52. The van der Waals surface area contributed by atoms with Crippen molar-refractivity contribution >= 4 is 33.6 Å². The van der Waals surface area contributed by atoms with Crippen molar-refractivity contribution in [2.24, 2.45) is 0 Å². The largest absolute Gasteiger partial charge is 0.339 e. The number of benzene rings is 1. The van der Waals surface area contributed by atoms with Gasteiger partial charge in [-0.15, -0.1) is 11.8 Å². The minimum Gasteiger partial charge on any atom is -0.339 e. The van der Waals surface area contributed by atoms with Crippen LogP contribution in [-0.4, -0.2) is 11.7 Å². The van der Waals surface area contributed by atoms with Gasteiger partial charge >= 0.3 is 0 Å². The Kier molecular flexibility index (Phi) is 2.60. The molecule has 0 unspecified atom stereocenters. The number of halogens is 1. The monoisotopic (exact) mass is 257 g/mol. The molecule has 4 heteroatoms. The Balaban J connectivity index is 2.21. The van der Waals surface area contributed by atoms with E-state index in [-0.39, 0.29) is 11.3 Å². The highest BCUT2D eigenvalue weighted by molar-refractivity contribution is 9.10. The van der Waals surface area contributed by atoms with Gasteiger partial charge in [0.2, 0.25) is 5.91 Å². The van der Waals surface area contributed by atoms with Crippen LogP contribution in [-0.2, 0) is 4.79 Å². The summed E-state index contributed by atoms with van der Waals surface area (Å²) >= 11 is 5.03. The van der Waals surface area contributed by atoms with Crippen LogP contribution in [0.4, 0.5) is 0 Å². The lowest BCUT2D eigenvalue weighted by Gasteiger charge is -2.08. The zero-order valence-corrected chi connectivity index (χ0v) is 9.19. The summed E-state index contributed by atoms with van der Waals surface area (Å²) in [7, 11) is 0. The molecule has 13 heavy (non-hydrogen) atoms. The van der Waals surface area contributed by atoms with Crippen LogP contribution < -0.4 is 5.32 Å². The number of nitrogens with one attached hydrogen (secondary N) is 1. The highest BCUT2D eigenvalue weighted by Crippen LogP contribution is 2.31. The molecule has 0 spiro atoms. The first-order chi connectivity index (χ1) is 6.25. The first-order valence-electron chi connectivity index (χ1n) is 3.92. The van der Waals surface area contributed by atoms with Gasteiger partial charge in [0.05, 0.1) is 5.75 Å². The van der Waals surface area contributed by atoms with E-state index in [0.29, 0.717) is 5.75 Å². The molecule has 1 fully saturated rings. The Morgan fingerprint density at radius 1 is 1.54 bits per heavy atom. The number of hydrogen-bond acceptors (Lipinski definition) is 2. The number of rotatable bonds is 1. The van der Waals surface area contributed by atoms with Gasteiger partial charge in [-0.3, -0.25) is 4.79 Å². The molecular formula is C9H8BrNOS. The fraction of sp³-hybridized carbons (Fsp3) is 0.222. The SMILES string of the molecule is O=C1CS[C@@H](c2cccc(Br)c2)N1. The number of hydrogen-bond donors (Lipinski definition) is 1. The molecule has 2 nitrogen and oxygen atoms in total. The second kappa shape index (κ2) is 3.72. The average molecular weight is 258 g/mol. The van der Waals surface area contributed by atoms with E-state index in [1.807, 2.05) is 24.3 Å². The molecule has 1 heterocycles. The summed E-state index contributed by atoms with van der Waals surface area (Å²) < 4.78 is 1.05. The predicted molar refractivity (Wildman–Crippen MR) is 57.5 cm³/mol. The maximum atomic E-state index is 11.0. The van der Waals surface area contributed by atoms with Gasteiger partial charge in [0, 0.05) is 4.47 Å². The molecule has 68 valence electrons. The van der Waals surface area contributed by atoms with E-state index in [9.17, 15) is 4.79 Å². The molecule has 1 atom stereocenters. The maximum Gasteiger partial charge on any atom is 0.231 e. The smallest absolute Gasteiger partial charge is 0.231 e. The fourth-order valence-electron chi connectivity index (χ4n) is 1.24. The van der Waals surface area contributed by atoms with Gasteiger partial charge in [-0.1, -0.05) is 28.1 Å². The first-order valence-corrected chi connectivity index (χ1v) is 5.76. The van der Waals surface area contributed by atoms with Gasteiger partial charge in [0.1, 0.15) is 5.37 Å². The standard InChI is InChI=1S/C9H8BrNOS/c10-7-3-1-2-6(4-7)9-11-8(12)5-13-9/h1-4,9H,5H2,(H,11,12)/t9-/m0/s1. The number of thioether (sulfide) groups is 1. The summed E-state index contributed by atoms with van der Waals surface area (Å²) in [6, 6.07) is 8.01. The summed E-state index contributed by atoms with van der Waals surface area (Å²) in [5.74, 6) is 0.687. The van der Waals surface area contributed by atoms with Crippen molar-refractivity contribution in [2.45, 2.75) is 5.37 Å². The van der Waals surface area contributed by atoms with E-state index in [1.165, 1.54) is 0 Å². The lowest BCUT2D eigenvalue weighted by Crippen LogP contribution is -2.18. The molecule has 1 aromatic rings. The highest BCUT2D eigenvalue weighted by atomic mass is 79.9. The minimum absolute atomic E-state index is 0.120. The third-order valence-electron chi connectivity index (χ3n) is 1.82. The van der Waals surface area contributed by atoms with E-state index >= 15 is 0 Å². The van der Waals surface area contributed by atoms with Gasteiger partial charge < -0.3 is 5.32 Å². The molecule has 1 aliphatic heterocycles. The van der Waals surface area contributed by atoms with Crippen molar-refractivity contribution in [2.75, 3.05) is 5.75 Å². The Hall–Kier alpha value is -0.480. The van der Waals surface area contributed by atoms with Crippen LogP contribution in [0.15, 0.2) is 28.7 Å². The molecule has 2 rings (SSSR count). The highest BCUT2D eigenvalue weighted by Gasteiger charge is 2.22. The molecule has 0 aliphatic carbocycles. The van der Waals surface area contributed by atoms with Crippen molar-refractivity contribution in [3.8, 4) is 0 Å². The van der Waals surface area contributed by atoms with Crippen molar-refractivity contribution in [1.29, 1.82) is 0 Å². The third kappa shape index (κ3) is 2.06. The second-order valence-corrected chi connectivity index (χ2v) is 4.82. The van der Waals surface area contributed by atoms with E-state index in [4.69, 9.17) is 0 Å². The lowest BCUT2D eigenvalue weighted by atomic mass is 10.2. The quantitative estimate of drug-likeness (QED) is 0.837. The van der Waals surface area contributed by atoms with Crippen molar-refractivity contribution < 1.29 is 4.79 Å².